The highest BCUT2D eigenvalue weighted by Crippen LogP contribution is 2.31. The van der Waals surface area contributed by atoms with Crippen molar-refractivity contribution in [2.24, 2.45) is 0 Å². The lowest BCUT2D eigenvalue weighted by Crippen LogP contribution is -2.31. The van der Waals surface area contributed by atoms with Crippen molar-refractivity contribution in [2.45, 2.75) is 32.0 Å². The number of aryl methyl sites for hydroxylation is 1. The van der Waals surface area contributed by atoms with Crippen molar-refractivity contribution < 1.29 is 34.0 Å². The fraction of sp³-hybridized carbons (Fsp3) is 0.241. The van der Waals surface area contributed by atoms with Crippen LogP contribution in [0.2, 0.25) is 0 Å². The number of anilines is 1. The number of allylic oxidation sites excluding steroid dienone is 1. The Balaban J connectivity index is 1.91. The third-order valence-corrected chi connectivity index (χ3v) is 5.33. The van der Waals surface area contributed by atoms with E-state index in [1.807, 2.05) is 37.3 Å². The van der Waals surface area contributed by atoms with Gasteiger partial charge in [-0.3, -0.25) is 5.32 Å². The minimum absolute atomic E-state index is 0.118. The number of para-hydroxylation sites is 1. The Labute approximate surface area is 216 Å². The highest BCUT2D eigenvalue weighted by Gasteiger charge is 2.29. The van der Waals surface area contributed by atoms with E-state index in [1.54, 1.807) is 48.5 Å². The Bertz CT molecular complexity index is 1160. The SMILES string of the molecule is Cc1ccc(NC(=O)O[C@H](c2cccc(OCCO)c2)[C@@H](CC/C=C/C(=O)O)Oc2ccccc2)cc1. The Morgan fingerprint density at radius 3 is 2.41 bits per heavy atom. The van der Waals surface area contributed by atoms with Crippen molar-refractivity contribution in [3.8, 4) is 11.5 Å². The van der Waals surface area contributed by atoms with E-state index in [1.165, 1.54) is 6.08 Å². The smallest absolute Gasteiger partial charge is 0.412 e. The van der Waals surface area contributed by atoms with Gasteiger partial charge in [-0.2, -0.15) is 0 Å². The van der Waals surface area contributed by atoms with Crippen LogP contribution in [0.3, 0.4) is 0 Å². The number of hydrogen-bond donors (Lipinski definition) is 3. The predicted octanol–water partition coefficient (Wildman–Crippen LogP) is 5.52. The Morgan fingerprint density at radius 2 is 1.70 bits per heavy atom. The lowest BCUT2D eigenvalue weighted by molar-refractivity contribution is -0.131. The van der Waals surface area contributed by atoms with E-state index < -0.39 is 24.3 Å². The molecule has 3 aromatic carbocycles. The van der Waals surface area contributed by atoms with Gasteiger partial charge in [-0.05, 0) is 61.7 Å². The maximum Gasteiger partial charge on any atom is 0.412 e. The van der Waals surface area contributed by atoms with Gasteiger partial charge in [-0.1, -0.05) is 54.1 Å². The molecule has 3 aromatic rings. The summed E-state index contributed by atoms with van der Waals surface area (Å²) in [5, 5.41) is 20.8. The number of carbonyl (C=O) groups is 2. The molecule has 0 saturated carbocycles. The number of carbonyl (C=O) groups excluding carboxylic acids is 1. The van der Waals surface area contributed by atoms with Gasteiger partial charge in [0.25, 0.3) is 0 Å². The van der Waals surface area contributed by atoms with Crippen LogP contribution >= 0.6 is 0 Å². The summed E-state index contributed by atoms with van der Waals surface area (Å²) in [6, 6.07) is 23.5. The van der Waals surface area contributed by atoms with Crippen LogP contribution in [0.15, 0.2) is 91.0 Å². The molecule has 3 rings (SSSR count). The highest BCUT2D eigenvalue weighted by atomic mass is 16.6. The van der Waals surface area contributed by atoms with Crippen LogP contribution in [0, 0.1) is 6.92 Å². The molecule has 0 aromatic heterocycles. The van der Waals surface area contributed by atoms with Crippen molar-refractivity contribution >= 4 is 17.7 Å². The number of aliphatic carboxylic acids is 1. The maximum atomic E-state index is 13.0. The summed E-state index contributed by atoms with van der Waals surface area (Å²) in [6.45, 7) is 1.93. The Morgan fingerprint density at radius 1 is 0.973 bits per heavy atom. The molecule has 0 saturated heterocycles. The number of carboxylic acid groups (broad SMARTS) is 1. The third-order valence-electron chi connectivity index (χ3n) is 5.33. The van der Waals surface area contributed by atoms with Gasteiger partial charge in [-0.15, -0.1) is 0 Å². The molecule has 8 heteroatoms. The molecule has 0 unspecified atom stereocenters. The Hall–Kier alpha value is -4.30. The van der Waals surface area contributed by atoms with Crippen molar-refractivity contribution in [1.82, 2.24) is 0 Å². The fourth-order valence-electron chi connectivity index (χ4n) is 3.59. The van der Waals surface area contributed by atoms with Crippen molar-refractivity contribution in [2.75, 3.05) is 18.5 Å². The molecule has 0 bridgehead atoms. The molecule has 1 amide bonds. The quantitative estimate of drug-likeness (QED) is 0.262. The molecule has 0 aliphatic rings. The molecule has 0 aliphatic carbocycles. The Kier molecular flexibility index (Phi) is 10.6. The average Bonchev–Trinajstić information content (AvgIpc) is 2.90. The summed E-state index contributed by atoms with van der Waals surface area (Å²) in [5.74, 6) is 0.0396. The number of benzene rings is 3. The van der Waals surface area contributed by atoms with Gasteiger partial charge in [0.15, 0.2) is 6.10 Å². The number of carboxylic acids is 1. The van der Waals surface area contributed by atoms with Gasteiger partial charge in [0.2, 0.25) is 0 Å². The number of rotatable bonds is 13. The van der Waals surface area contributed by atoms with Gasteiger partial charge in [0.1, 0.15) is 24.2 Å². The standard InChI is InChI=1S/C29H31NO7/c1-21-14-16-23(17-15-21)30-29(34)37-28(22-8-7-11-25(20-22)35-19-18-31)26(12-5-6-13-27(32)33)36-24-9-3-2-4-10-24/h2-4,6-11,13-17,20,26,28,31H,5,12,18-19H2,1H3,(H,30,34)(H,32,33)/b13-6+/t26-,28-/m1/s1. The predicted molar refractivity (Wildman–Crippen MR) is 140 cm³/mol. The van der Waals surface area contributed by atoms with Crippen LogP contribution in [-0.4, -0.2) is 41.6 Å². The van der Waals surface area contributed by atoms with Gasteiger partial charge >= 0.3 is 12.1 Å². The molecule has 0 spiro atoms. The molecule has 0 heterocycles. The number of nitrogens with one attached hydrogen (secondary N) is 1. The molecular formula is C29H31NO7. The van der Waals surface area contributed by atoms with E-state index in [2.05, 4.69) is 5.32 Å². The van der Waals surface area contributed by atoms with Crippen molar-refractivity contribution in [3.63, 3.8) is 0 Å². The first kappa shape index (κ1) is 27.3. The summed E-state index contributed by atoms with van der Waals surface area (Å²) in [4.78, 5) is 23.9. The first-order valence-electron chi connectivity index (χ1n) is 11.9. The summed E-state index contributed by atoms with van der Waals surface area (Å²) >= 11 is 0. The number of aliphatic hydroxyl groups excluding tert-OH is 1. The lowest BCUT2D eigenvalue weighted by Gasteiger charge is -2.28. The van der Waals surface area contributed by atoms with Crippen LogP contribution in [0.1, 0.15) is 30.1 Å². The molecule has 37 heavy (non-hydrogen) atoms. The van der Waals surface area contributed by atoms with Gasteiger partial charge < -0.3 is 24.4 Å². The first-order valence-corrected chi connectivity index (χ1v) is 11.9. The molecule has 194 valence electrons. The summed E-state index contributed by atoms with van der Waals surface area (Å²) in [7, 11) is 0. The largest absolute Gasteiger partial charge is 0.491 e. The monoisotopic (exact) mass is 505 g/mol. The first-order chi connectivity index (χ1) is 17.9. The van der Waals surface area contributed by atoms with Crippen LogP contribution in [0.25, 0.3) is 0 Å². The molecule has 3 N–H and O–H groups in total. The van der Waals surface area contributed by atoms with Gasteiger partial charge in [0, 0.05) is 11.8 Å². The summed E-state index contributed by atoms with van der Waals surface area (Å²) in [5.41, 5.74) is 2.26. The summed E-state index contributed by atoms with van der Waals surface area (Å²) in [6.07, 6.45) is 1.17. The molecular weight excluding hydrogens is 474 g/mol. The van der Waals surface area contributed by atoms with Crippen molar-refractivity contribution in [3.05, 3.63) is 102 Å². The summed E-state index contributed by atoms with van der Waals surface area (Å²) < 4.78 is 17.7. The van der Waals surface area contributed by atoms with Gasteiger partial charge in [0.05, 0.1) is 6.61 Å². The number of amides is 1. The molecule has 0 fully saturated rings. The zero-order chi connectivity index (χ0) is 26.5. The second-order valence-corrected chi connectivity index (χ2v) is 8.25. The van der Waals surface area contributed by atoms with E-state index in [4.69, 9.17) is 24.4 Å². The van der Waals surface area contributed by atoms with Crippen LogP contribution in [0.5, 0.6) is 11.5 Å². The minimum Gasteiger partial charge on any atom is -0.491 e. The molecule has 0 radical (unpaired) electrons. The lowest BCUT2D eigenvalue weighted by atomic mass is 9.99. The van der Waals surface area contributed by atoms with E-state index in [0.717, 1.165) is 11.6 Å². The second kappa shape index (κ2) is 14.3. The van der Waals surface area contributed by atoms with E-state index in [0.29, 0.717) is 35.6 Å². The zero-order valence-corrected chi connectivity index (χ0v) is 20.6. The molecule has 0 aliphatic heterocycles. The second-order valence-electron chi connectivity index (χ2n) is 8.25. The maximum absolute atomic E-state index is 13.0. The number of ether oxygens (including phenoxy) is 3. The topological polar surface area (TPSA) is 114 Å². The zero-order valence-electron chi connectivity index (χ0n) is 20.6. The normalized spacial score (nSPS) is 12.5. The molecule has 2 atom stereocenters. The van der Waals surface area contributed by atoms with Crippen LogP contribution in [-0.2, 0) is 9.53 Å². The third kappa shape index (κ3) is 9.35. The van der Waals surface area contributed by atoms with E-state index >= 15 is 0 Å². The minimum atomic E-state index is -1.04. The van der Waals surface area contributed by atoms with Gasteiger partial charge in [-0.25, -0.2) is 9.59 Å². The average molecular weight is 506 g/mol. The highest BCUT2D eigenvalue weighted by molar-refractivity contribution is 5.84. The van der Waals surface area contributed by atoms with E-state index in [-0.39, 0.29) is 13.2 Å². The number of aliphatic hydroxyl groups is 1. The van der Waals surface area contributed by atoms with Crippen molar-refractivity contribution in [1.29, 1.82) is 0 Å². The molecule has 8 nitrogen and oxygen atoms in total. The van der Waals surface area contributed by atoms with Crippen LogP contribution in [0.4, 0.5) is 10.5 Å². The fourth-order valence-corrected chi connectivity index (χ4v) is 3.59. The van der Waals surface area contributed by atoms with Crippen LogP contribution < -0.4 is 14.8 Å². The van der Waals surface area contributed by atoms with E-state index in [9.17, 15) is 9.59 Å². The number of hydrogen-bond acceptors (Lipinski definition) is 6.